The van der Waals surface area contributed by atoms with Crippen LogP contribution in [0.2, 0.25) is 0 Å². The highest BCUT2D eigenvalue weighted by Crippen LogP contribution is 2.19. The minimum atomic E-state index is -0.115. The van der Waals surface area contributed by atoms with Crippen LogP contribution in [0.25, 0.3) is 0 Å². The summed E-state index contributed by atoms with van der Waals surface area (Å²) >= 11 is 1.56. The quantitative estimate of drug-likeness (QED) is 0.876. The van der Waals surface area contributed by atoms with Crippen molar-refractivity contribution in [2.45, 2.75) is 32.5 Å². The Morgan fingerprint density at radius 3 is 2.88 bits per heavy atom. The van der Waals surface area contributed by atoms with Crippen molar-refractivity contribution in [3.8, 4) is 0 Å². The molecule has 3 rings (SSSR count). The standard InChI is InChI=1S/C18H24N4OS/c1-13-10-22(11-15-6-4-3-5-7-15)12-16(13)21-18(23)20-14(2)17-19-8-9-24-17/h3-9,13-14,16H,10-12H2,1-2H3,(H2,20,21,23)/t13-,14+,16+/m1/s1. The zero-order valence-electron chi connectivity index (χ0n) is 14.1. The first-order valence-electron chi connectivity index (χ1n) is 8.34. The molecule has 128 valence electrons. The number of likely N-dealkylation sites (tertiary alicyclic amines) is 1. The number of hydrogen-bond donors (Lipinski definition) is 2. The third-order valence-electron chi connectivity index (χ3n) is 4.42. The molecule has 0 spiro atoms. The average molecular weight is 344 g/mol. The van der Waals surface area contributed by atoms with Gasteiger partial charge >= 0.3 is 6.03 Å². The maximum Gasteiger partial charge on any atom is 0.315 e. The monoisotopic (exact) mass is 344 g/mol. The Morgan fingerprint density at radius 2 is 2.17 bits per heavy atom. The van der Waals surface area contributed by atoms with Crippen LogP contribution in [-0.4, -0.2) is 35.0 Å². The largest absolute Gasteiger partial charge is 0.334 e. The molecule has 0 radical (unpaired) electrons. The van der Waals surface area contributed by atoms with Crippen molar-refractivity contribution in [2.75, 3.05) is 13.1 Å². The van der Waals surface area contributed by atoms with Crippen molar-refractivity contribution in [1.29, 1.82) is 0 Å². The molecule has 0 saturated carbocycles. The summed E-state index contributed by atoms with van der Waals surface area (Å²) < 4.78 is 0. The summed E-state index contributed by atoms with van der Waals surface area (Å²) in [6.07, 6.45) is 1.76. The minimum absolute atomic E-state index is 0.0675. The van der Waals surface area contributed by atoms with E-state index >= 15 is 0 Å². The van der Waals surface area contributed by atoms with Gasteiger partial charge in [0.2, 0.25) is 0 Å². The highest BCUT2D eigenvalue weighted by molar-refractivity contribution is 7.09. The van der Waals surface area contributed by atoms with Crippen LogP contribution in [-0.2, 0) is 6.54 Å². The molecule has 0 unspecified atom stereocenters. The molecule has 1 aromatic heterocycles. The van der Waals surface area contributed by atoms with Gasteiger partial charge in [0, 0.05) is 37.3 Å². The Morgan fingerprint density at radius 1 is 1.38 bits per heavy atom. The van der Waals surface area contributed by atoms with Crippen molar-refractivity contribution in [3.05, 3.63) is 52.5 Å². The van der Waals surface area contributed by atoms with E-state index in [1.165, 1.54) is 5.56 Å². The smallest absolute Gasteiger partial charge is 0.315 e. The number of thiazole rings is 1. The van der Waals surface area contributed by atoms with E-state index in [9.17, 15) is 4.79 Å². The Hall–Kier alpha value is -1.92. The van der Waals surface area contributed by atoms with Gasteiger partial charge in [-0.05, 0) is 18.4 Å². The summed E-state index contributed by atoms with van der Waals surface area (Å²) in [6.45, 7) is 6.97. The number of carbonyl (C=O) groups is 1. The van der Waals surface area contributed by atoms with Gasteiger partial charge in [0.15, 0.2) is 0 Å². The van der Waals surface area contributed by atoms with Crippen molar-refractivity contribution in [2.24, 2.45) is 5.92 Å². The molecule has 5 nitrogen and oxygen atoms in total. The Labute approximate surface area is 147 Å². The number of aromatic nitrogens is 1. The lowest BCUT2D eigenvalue weighted by Gasteiger charge is -2.19. The van der Waals surface area contributed by atoms with Gasteiger partial charge in [-0.25, -0.2) is 9.78 Å². The van der Waals surface area contributed by atoms with Crippen molar-refractivity contribution in [1.82, 2.24) is 20.5 Å². The maximum absolute atomic E-state index is 12.3. The second-order valence-corrected chi connectivity index (χ2v) is 7.40. The molecule has 1 aliphatic rings. The lowest BCUT2D eigenvalue weighted by molar-refractivity contribution is 0.231. The molecule has 1 aromatic carbocycles. The second-order valence-electron chi connectivity index (χ2n) is 6.47. The van der Waals surface area contributed by atoms with Gasteiger partial charge in [0.05, 0.1) is 6.04 Å². The molecule has 24 heavy (non-hydrogen) atoms. The van der Waals surface area contributed by atoms with E-state index in [4.69, 9.17) is 0 Å². The first-order chi connectivity index (χ1) is 11.6. The van der Waals surface area contributed by atoms with Gasteiger partial charge in [-0.3, -0.25) is 4.90 Å². The third-order valence-corrected chi connectivity index (χ3v) is 5.38. The van der Waals surface area contributed by atoms with Crippen LogP contribution in [0.15, 0.2) is 41.9 Å². The first-order valence-corrected chi connectivity index (χ1v) is 9.22. The number of rotatable bonds is 5. The van der Waals surface area contributed by atoms with Crippen LogP contribution in [0.1, 0.15) is 30.5 Å². The molecular weight excluding hydrogens is 320 g/mol. The van der Waals surface area contributed by atoms with Gasteiger partial charge < -0.3 is 10.6 Å². The number of amides is 2. The van der Waals surface area contributed by atoms with Crippen molar-refractivity contribution >= 4 is 17.4 Å². The molecule has 3 atom stereocenters. The summed E-state index contributed by atoms with van der Waals surface area (Å²) in [5, 5.41) is 8.94. The normalized spacial score (nSPS) is 22.2. The van der Waals surface area contributed by atoms with Gasteiger partial charge in [-0.15, -0.1) is 11.3 Å². The van der Waals surface area contributed by atoms with E-state index in [0.29, 0.717) is 5.92 Å². The molecule has 0 aliphatic carbocycles. The van der Waals surface area contributed by atoms with Crippen LogP contribution in [0.3, 0.4) is 0 Å². The van der Waals surface area contributed by atoms with Gasteiger partial charge in [-0.2, -0.15) is 0 Å². The summed E-state index contributed by atoms with van der Waals surface area (Å²) in [5.41, 5.74) is 1.31. The van der Waals surface area contributed by atoms with E-state index in [0.717, 1.165) is 24.6 Å². The lowest BCUT2D eigenvalue weighted by atomic mass is 10.1. The SMILES string of the molecule is C[C@H](NC(=O)N[C@H]1CN(Cc2ccccc2)C[C@H]1C)c1nccs1. The number of benzene rings is 1. The highest BCUT2D eigenvalue weighted by Gasteiger charge is 2.30. The molecule has 0 bridgehead atoms. The minimum Gasteiger partial charge on any atom is -0.334 e. The second kappa shape index (κ2) is 7.77. The van der Waals surface area contributed by atoms with E-state index < -0.39 is 0 Å². The van der Waals surface area contributed by atoms with Crippen LogP contribution >= 0.6 is 11.3 Å². The lowest BCUT2D eigenvalue weighted by Crippen LogP contribution is -2.46. The zero-order valence-corrected chi connectivity index (χ0v) is 14.9. The number of nitrogens with one attached hydrogen (secondary N) is 2. The molecule has 2 heterocycles. The molecule has 1 fully saturated rings. The Bertz CT molecular complexity index is 646. The van der Waals surface area contributed by atoms with Gasteiger partial charge in [0.1, 0.15) is 5.01 Å². The van der Waals surface area contributed by atoms with Crippen molar-refractivity contribution in [3.63, 3.8) is 0 Å². The van der Waals surface area contributed by atoms with Crippen LogP contribution < -0.4 is 10.6 Å². The van der Waals surface area contributed by atoms with Crippen LogP contribution in [0.5, 0.6) is 0 Å². The van der Waals surface area contributed by atoms with Crippen LogP contribution in [0, 0.1) is 5.92 Å². The first kappa shape index (κ1) is 16.9. The van der Waals surface area contributed by atoms with E-state index in [-0.39, 0.29) is 18.1 Å². The predicted octanol–water partition coefficient (Wildman–Crippen LogP) is 3.02. The van der Waals surface area contributed by atoms with E-state index in [2.05, 4.69) is 51.7 Å². The summed E-state index contributed by atoms with van der Waals surface area (Å²) in [5.74, 6) is 0.439. The van der Waals surface area contributed by atoms with E-state index in [1.807, 2.05) is 18.4 Å². The summed E-state index contributed by atoms with van der Waals surface area (Å²) in [7, 11) is 0. The molecule has 2 amide bonds. The van der Waals surface area contributed by atoms with Gasteiger partial charge in [0.25, 0.3) is 0 Å². The molecule has 1 aliphatic heterocycles. The third kappa shape index (κ3) is 4.33. The fraction of sp³-hybridized carbons (Fsp3) is 0.444. The van der Waals surface area contributed by atoms with Crippen LogP contribution in [0.4, 0.5) is 4.79 Å². The number of urea groups is 1. The number of hydrogen-bond acceptors (Lipinski definition) is 4. The van der Waals surface area contributed by atoms with Crippen molar-refractivity contribution < 1.29 is 4.79 Å². The Kier molecular flexibility index (Phi) is 5.48. The summed E-state index contributed by atoms with van der Waals surface area (Å²) in [6, 6.07) is 10.5. The highest BCUT2D eigenvalue weighted by atomic mass is 32.1. The average Bonchev–Trinajstić information content (AvgIpc) is 3.19. The molecule has 1 saturated heterocycles. The Balaban J connectivity index is 1.49. The predicted molar refractivity (Wildman–Crippen MR) is 96.9 cm³/mol. The molecular formula is C18H24N4OS. The number of carbonyl (C=O) groups excluding carboxylic acids is 1. The molecule has 6 heteroatoms. The maximum atomic E-state index is 12.3. The fourth-order valence-corrected chi connectivity index (χ4v) is 3.79. The summed E-state index contributed by atoms with van der Waals surface area (Å²) in [4.78, 5) is 18.9. The molecule has 2 N–H and O–H groups in total. The van der Waals surface area contributed by atoms with Gasteiger partial charge in [-0.1, -0.05) is 37.3 Å². The van der Waals surface area contributed by atoms with E-state index in [1.54, 1.807) is 17.5 Å². The number of nitrogens with zero attached hydrogens (tertiary/aromatic N) is 2. The topological polar surface area (TPSA) is 57.3 Å². The zero-order chi connectivity index (χ0) is 16.9. The molecule has 2 aromatic rings. The fourth-order valence-electron chi connectivity index (χ4n) is 3.14.